The van der Waals surface area contributed by atoms with Gasteiger partial charge in [0.15, 0.2) is 11.5 Å². The minimum atomic E-state index is -1.03. The molecule has 0 saturated heterocycles. The number of carboxylic acid groups (broad SMARTS) is 1. The van der Waals surface area contributed by atoms with E-state index in [1.54, 1.807) is 42.5 Å². The summed E-state index contributed by atoms with van der Waals surface area (Å²) >= 11 is 12.4. The van der Waals surface area contributed by atoms with E-state index < -0.39 is 5.97 Å². The molecule has 3 rings (SSSR count). The van der Waals surface area contributed by atoms with Crippen LogP contribution in [0.5, 0.6) is 11.5 Å². The summed E-state index contributed by atoms with van der Waals surface area (Å²) in [7, 11) is 0. The number of carboxylic acids is 1. The number of benzene rings is 3. The number of rotatable bonds is 8. The summed E-state index contributed by atoms with van der Waals surface area (Å²) in [6.07, 6.45) is 1.66. The van der Waals surface area contributed by atoms with Crippen molar-refractivity contribution in [2.75, 3.05) is 6.61 Å². The van der Waals surface area contributed by atoms with Crippen LogP contribution in [-0.2, 0) is 6.61 Å². The van der Waals surface area contributed by atoms with Crippen molar-refractivity contribution < 1.29 is 19.4 Å². The van der Waals surface area contributed by atoms with E-state index in [4.69, 9.17) is 37.8 Å². The first kappa shape index (κ1) is 23.2. The summed E-state index contributed by atoms with van der Waals surface area (Å²) in [5.74, 6) is -0.162. The minimum absolute atomic E-state index is 0.148. The van der Waals surface area contributed by atoms with Gasteiger partial charge in [-0.05, 0) is 66.1 Å². The quantitative estimate of drug-likeness (QED) is 0.293. The van der Waals surface area contributed by atoms with E-state index in [1.165, 1.54) is 12.1 Å². The predicted octanol–water partition coefficient (Wildman–Crippen LogP) is 6.73. The maximum Gasteiger partial charge on any atom is 0.335 e. The number of hydrogen-bond donors (Lipinski definition) is 1. The fourth-order valence-corrected chi connectivity index (χ4v) is 3.35. The third-order valence-corrected chi connectivity index (χ3v) is 5.04. The highest BCUT2D eigenvalue weighted by Crippen LogP contribution is 2.38. The molecule has 0 bridgehead atoms. The SMILES string of the molecule is CCOc1cc(/C=C(/C#N)c2ccc(C(=O)O)cc2)cc(Cl)c1OCc1ccc(Cl)cc1. The van der Waals surface area contributed by atoms with Crippen molar-refractivity contribution in [1.29, 1.82) is 5.26 Å². The molecule has 32 heavy (non-hydrogen) atoms. The van der Waals surface area contributed by atoms with Crippen LogP contribution in [0.4, 0.5) is 0 Å². The van der Waals surface area contributed by atoms with Crippen LogP contribution in [0.1, 0.15) is 34.0 Å². The number of allylic oxidation sites excluding steroid dienone is 1. The standard InChI is InChI=1S/C25H19Cl2NO4/c1-2-31-23-13-17(11-20(14-28)18-5-7-19(8-6-18)25(29)30)12-22(27)24(23)32-15-16-3-9-21(26)10-4-16/h3-13H,2,15H2,1H3,(H,29,30)/b20-11-. The Morgan fingerprint density at radius 2 is 1.69 bits per heavy atom. The zero-order chi connectivity index (χ0) is 23.1. The van der Waals surface area contributed by atoms with Crippen molar-refractivity contribution in [3.63, 3.8) is 0 Å². The Morgan fingerprint density at radius 1 is 1.03 bits per heavy atom. The molecule has 0 radical (unpaired) electrons. The lowest BCUT2D eigenvalue weighted by atomic mass is 10.0. The fraction of sp³-hybridized carbons (Fsp3) is 0.120. The molecule has 0 atom stereocenters. The van der Waals surface area contributed by atoms with Crippen LogP contribution in [0.2, 0.25) is 10.0 Å². The average molecular weight is 468 g/mol. The summed E-state index contributed by atoms with van der Waals surface area (Å²) in [5, 5.41) is 19.6. The molecular formula is C25H19Cl2NO4. The molecule has 5 nitrogen and oxygen atoms in total. The Balaban J connectivity index is 1.90. The molecule has 0 aromatic heterocycles. The molecule has 0 heterocycles. The van der Waals surface area contributed by atoms with E-state index in [0.29, 0.717) is 44.9 Å². The van der Waals surface area contributed by atoms with Gasteiger partial charge in [0.2, 0.25) is 0 Å². The van der Waals surface area contributed by atoms with Gasteiger partial charge in [-0.25, -0.2) is 4.79 Å². The molecule has 0 amide bonds. The number of aromatic carboxylic acids is 1. The summed E-state index contributed by atoms with van der Waals surface area (Å²) < 4.78 is 11.6. The van der Waals surface area contributed by atoms with E-state index in [9.17, 15) is 10.1 Å². The molecule has 0 spiro atoms. The Hall–Kier alpha value is -3.46. The normalized spacial score (nSPS) is 11.0. The molecule has 0 aliphatic carbocycles. The highest BCUT2D eigenvalue weighted by molar-refractivity contribution is 6.32. The second-order valence-corrected chi connectivity index (χ2v) is 7.57. The lowest BCUT2D eigenvalue weighted by molar-refractivity contribution is 0.0697. The van der Waals surface area contributed by atoms with Crippen molar-refractivity contribution in [1.82, 2.24) is 0 Å². The molecule has 3 aromatic carbocycles. The lowest BCUT2D eigenvalue weighted by Gasteiger charge is -2.15. The van der Waals surface area contributed by atoms with Gasteiger partial charge in [0.25, 0.3) is 0 Å². The van der Waals surface area contributed by atoms with Crippen molar-refractivity contribution >= 4 is 40.8 Å². The van der Waals surface area contributed by atoms with Gasteiger partial charge < -0.3 is 14.6 Å². The molecule has 3 aromatic rings. The molecule has 0 aliphatic heterocycles. The van der Waals surface area contributed by atoms with E-state index in [0.717, 1.165) is 5.56 Å². The molecule has 1 N–H and O–H groups in total. The first-order chi connectivity index (χ1) is 15.4. The molecule has 7 heteroatoms. The minimum Gasteiger partial charge on any atom is -0.490 e. The number of ether oxygens (including phenoxy) is 2. The van der Waals surface area contributed by atoms with Crippen LogP contribution in [0.15, 0.2) is 60.7 Å². The topological polar surface area (TPSA) is 79.5 Å². The highest BCUT2D eigenvalue weighted by atomic mass is 35.5. The second kappa shape index (κ2) is 10.7. The molecule has 0 fully saturated rings. The van der Waals surface area contributed by atoms with Gasteiger partial charge in [0.05, 0.1) is 28.8 Å². The van der Waals surface area contributed by atoms with Crippen LogP contribution in [-0.4, -0.2) is 17.7 Å². The molecule has 162 valence electrons. The fourth-order valence-electron chi connectivity index (χ4n) is 2.95. The zero-order valence-corrected chi connectivity index (χ0v) is 18.7. The third-order valence-electron chi connectivity index (χ3n) is 4.50. The number of halogens is 2. The van der Waals surface area contributed by atoms with Gasteiger partial charge in [-0.15, -0.1) is 0 Å². The lowest BCUT2D eigenvalue weighted by Crippen LogP contribution is -2.01. The average Bonchev–Trinajstić information content (AvgIpc) is 2.78. The van der Waals surface area contributed by atoms with Gasteiger partial charge >= 0.3 is 5.97 Å². The predicted molar refractivity (Wildman–Crippen MR) is 125 cm³/mol. The number of nitrogens with zero attached hydrogens (tertiary/aromatic N) is 1. The van der Waals surface area contributed by atoms with E-state index in [2.05, 4.69) is 6.07 Å². The largest absolute Gasteiger partial charge is 0.490 e. The van der Waals surface area contributed by atoms with E-state index in [1.807, 2.05) is 19.1 Å². The number of carbonyl (C=O) groups is 1. The van der Waals surface area contributed by atoms with Crippen LogP contribution >= 0.6 is 23.2 Å². The molecule has 0 saturated carbocycles. The maximum absolute atomic E-state index is 11.0. The monoisotopic (exact) mass is 467 g/mol. The molecule has 0 unspecified atom stereocenters. The number of nitriles is 1. The van der Waals surface area contributed by atoms with Crippen LogP contribution in [0.3, 0.4) is 0 Å². The Bertz CT molecular complexity index is 1180. The zero-order valence-electron chi connectivity index (χ0n) is 17.1. The van der Waals surface area contributed by atoms with Gasteiger partial charge in [-0.3, -0.25) is 0 Å². The van der Waals surface area contributed by atoms with E-state index in [-0.39, 0.29) is 12.2 Å². The Kier molecular flexibility index (Phi) is 7.77. The van der Waals surface area contributed by atoms with Crippen molar-refractivity contribution in [2.45, 2.75) is 13.5 Å². The summed E-state index contributed by atoms with van der Waals surface area (Å²) in [4.78, 5) is 11.0. The summed E-state index contributed by atoms with van der Waals surface area (Å²) in [5.41, 5.74) is 2.67. The van der Waals surface area contributed by atoms with E-state index >= 15 is 0 Å². The van der Waals surface area contributed by atoms with Crippen molar-refractivity contribution in [2.24, 2.45) is 0 Å². The Labute approximate surface area is 196 Å². The summed E-state index contributed by atoms with van der Waals surface area (Å²) in [6.45, 7) is 2.54. The van der Waals surface area contributed by atoms with Crippen molar-refractivity contribution in [3.05, 3.63) is 93.0 Å². The first-order valence-corrected chi connectivity index (χ1v) is 10.5. The number of hydrogen-bond acceptors (Lipinski definition) is 4. The third kappa shape index (κ3) is 5.82. The molecule has 0 aliphatic rings. The van der Waals surface area contributed by atoms with Crippen molar-refractivity contribution in [3.8, 4) is 17.6 Å². The van der Waals surface area contributed by atoms with Crippen LogP contribution in [0.25, 0.3) is 11.6 Å². The Morgan fingerprint density at radius 3 is 2.28 bits per heavy atom. The smallest absolute Gasteiger partial charge is 0.335 e. The van der Waals surface area contributed by atoms with Crippen LogP contribution < -0.4 is 9.47 Å². The van der Waals surface area contributed by atoms with Gasteiger partial charge in [0.1, 0.15) is 6.61 Å². The first-order valence-electron chi connectivity index (χ1n) is 9.70. The summed E-state index contributed by atoms with van der Waals surface area (Å²) in [6, 6.07) is 19.0. The maximum atomic E-state index is 11.0. The second-order valence-electron chi connectivity index (χ2n) is 6.73. The van der Waals surface area contributed by atoms with Gasteiger partial charge in [0, 0.05) is 5.02 Å². The van der Waals surface area contributed by atoms with Gasteiger partial charge in [-0.1, -0.05) is 47.5 Å². The highest BCUT2D eigenvalue weighted by Gasteiger charge is 2.14. The van der Waals surface area contributed by atoms with Crippen LogP contribution in [0, 0.1) is 11.3 Å². The van der Waals surface area contributed by atoms with Gasteiger partial charge in [-0.2, -0.15) is 5.26 Å². The molecular weight excluding hydrogens is 449 g/mol.